The Bertz CT molecular complexity index is 626. The van der Waals surface area contributed by atoms with Crippen LogP contribution in [-0.4, -0.2) is 11.2 Å². The van der Waals surface area contributed by atoms with E-state index in [1.54, 1.807) is 0 Å². The fourth-order valence-corrected chi connectivity index (χ4v) is 2.81. The molecule has 0 fully saturated rings. The highest BCUT2D eigenvalue weighted by Crippen LogP contribution is 2.29. The van der Waals surface area contributed by atoms with E-state index < -0.39 is 4.92 Å². The van der Waals surface area contributed by atoms with Gasteiger partial charge in [0.15, 0.2) is 5.75 Å². The van der Waals surface area contributed by atoms with Gasteiger partial charge in [-0.25, -0.2) is 0 Å². The van der Waals surface area contributed by atoms with Crippen LogP contribution in [0.1, 0.15) is 15.2 Å². The fourth-order valence-electron chi connectivity index (χ4n) is 1.45. The van der Waals surface area contributed by atoms with Gasteiger partial charge in [-0.05, 0) is 34.1 Å². The lowest BCUT2D eigenvalue weighted by Crippen LogP contribution is -1.98. The van der Waals surface area contributed by atoms with Crippen molar-refractivity contribution >= 4 is 39.2 Å². The smallest absolute Gasteiger partial charge is 0.310 e. The highest BCUT2D eigenvalue weighted by Gasteiger charge is 2.16. The van der Waals surface area contributed by atoms with E-state index in [2.05, 4.69) is 15.9 Å². The average molecular weight is 342 g/mol. The summed E-state index contributed by atoms with van der Waals surface area (Å²) >= 11 is 4.80. The van der Waals surface area contributed by atoms with Gasteiger partial charge in [-0.15, -0.1) is 11.3 Å². The maximum Gasteiger partial charge on any atom is 0.310 e. The molecule has 2 rings (SSSR count). The molecule has 98 valence electrons. The van der Waals surface area contributed by atoms with Crippen molar-refractivity contribution in [2.75, 3.05) is 0 Å². The predicted molar refractivity (Wildman–Crippen MR) is 74.8 cm³/mol. The lowest BCUT2D eigenvalue weighted by atomic mass is 10.2. The fraction of sp³-hybridized carbons (Fsp3) is 0.0833. The molecule has 0 saturated heterocycles. The number of nitrogens with zero attached hydrogens (tertiary/aromatic N) is 1. The molecule has 0 bridgehead atoms. The third kappa shape index (κ3) is 3.39. The molecule has 0 amide bonds. The van der Waals surface area contributed by atoms with Crippen LogP contribution in [0.2, 0.25) is 0 Å². The first-order valence-electron chi connectivity index (χ1n) is 5.19. The molecule has 0 aliphatic carbocycles. The third-order valence-electron chi connectivity index (χ3n) is 2.31. The van der Waals surface area contributed by atoms with Crippen molar-refractivity contribution < 1.29 is 14.5 Å². The lowest BCUT2D eigenvalue weighted by Gasteiger charge is -2.05. The van der Waals surface area contributed by atoms with Gasteiger partial charge in [0.25, 0.3) is 0 Å². The zero-order valence-corrected chi connectivity index (χ0v) is 11.9. The monoisotopic (exact) mass is 341 g/mol. The van der Waals surface area contributed by atoms with E-state index in [-0.39, 0.29) is 18.0 Å². The maximum atomic E-state index is 10.9. The van der Waals surface area contributed by atoms with Gasteiger partial charge in [-0.2, -0.15) is 0 Å². The molecule has 0 aliphatic rings. The molecule has 0 aliphatic heterocycles. The van der Waals surface area contributed by atoms with Crippen LogP contribution >= 0.6 is 27.3 Å². The summed E-state index contributed by atoms with van der Waals surface area (Å²) in [5.74, 6) is 0.0964. The summed E-state index contributed by atoms with van der Waals surface area (Å²) in [7, 11) is 0. The Hall–Kier alpha value is -1.73. The molecule has 7 heteroatoms. The number of rotatable bonds is 5. The summed E-state index contributed by atoms with van der Waals surface area (Å²) in [6, 6.07) is 5.90. The first-order chi connectivity index (χ1) is 9.10. The van der Waals surface area contributed by atoms with Crippen molar-refractivity contribution in [1.82, 2.24) is 0 Å². The largest absolute Gasteiger partial charge is 0.481 e. The molecule has 0 spiro atoms. The normalized spacial score (nSPS) is 10.2. The molecular weight excluding hydrogens is 334 g/mol. The van der Waals surface area contributed by atoms with Crippen molar-refractivity contribution in [1.29, 1.82) is 0 Å². The minimum absolute atomic E-state index is 0.0964. The summed E-state index contributed by atoms with van der Waals surface area (Å²) in [6.07, 6.45) is 0.623. The van der Waals surface area contributed by atoms with Gasteiger partial charge in [0, 0.05) is 26.4 Å². The van der Waals surface area contributed by atoms with Gasteiger partial charge in [-0.1, -0.05) is 0 Å². The Morgan fingerprint density at radius 1 is 1.42 bits per heavy atom. The standard InChI is InChI=1S/C12H8BrNO4S/c13-9-4-10(19-7-9)6-18-12-3-8(5-15)1-2-11(12)14(16)17/h1-5,7H,6H2. The number of aldehydes is 1. The van der Waals surface area contributed by atoms with Gasteiger partial charge >= 0.3 is 5.69 Å². The van der Waals surface area contributed by atoms with E-state index in [1.165, 1.54) is 29.5 Å². The number of halogens is 1. The first kappa shape index (κ1) is 13.7. The summed E-state index contributed by atoms with van der Waals surface area (Å²) in [4.78, 5) is 22.0. The number of carbonyl (C=O) groups is 1. The highest BCUT2D eigenvalue weighted by molar-refractivity contribution is 9.10. The second-order valence-corrected chi connectivity index (χ2v) is 5.53. The maximum absolute atomic E-state index is 10.9. The van der Waals surface area contributed by atoms with Crippen LogP contribution in [0.25, 0.3) is 0 Å². The van der Waals surface area contributed by atoms with E-state index >= 15 is 0 Å². The van der Waals surface area contributed by atoms with E-state index in [9.17, 15) is 14.9 Å². The summed E-state index contributed by atoms with van der Waals surface area (Å²) < 4.78 is 6.37. The van der Waals surface area contributed by atoms with Crippen molar-refractivity contribution in [2.24, 2.45) is 0 Å². The van der Waals surface area contributed by atoms with Crippen LogP contribution < -0.4 is 4.74 Å². The molecular formula is C12H8BrNO4S. The Morgan fingerprint density at radius 2 is 2.21 bits per heavy atom. The van der Waals surface area contributed by atoms with Crippen LogP contribution in [0, 0.1) is 10.1 Å². The number of carbonyl (C=O) groups excluding carboxylic acids is 1. The molecule has 1 aromatic heterocycles. The summed E-state index contributed by atoms with van der Waals surface area (Å²) in [6.45, 7) is 0.222. The summed E-state index contributed by atoms with van der Waals surface area (Å²) in [5.41, 5.74) is 0.189. The average Bonchev–Trinajstić information content (AvgIpc) is 2.81. The van der Waals surface area contributed by atoms with Crippen molar-refractivity contribution in [3.05, 3.63) is 54.7 Å². The molecule has 0 saturated carbocycles. The van der Waals surface area contributed by atoms with Gasteiger partial charge in [0.05, 0.1) is 4.92 Å². The topological polar surface area (TPSA) is 69.4 Å². The SMILES string of the molecule is O=Cc1ccc([N+](=O)[O-])c(OCc2cc(Br)cs2)c1. The van der Waals surface area contributed by atoms with Gasteiger partial charge in [0.2, 0.25) is 0 Å². The first-order valence-corrected chi connectivity index (χ1v) is 6.87. The Morgan fingerprint density at radius 3 is 2.79 bits per heavy atom. The molecule has 2 aromatic rings. The quantitative estimate of drug-likeness (QED) is 0.471. The van der Waals surface area contributed by atoms with Gasteiger partial charge < -0.3 is 4.74 Å². The molecule has 5 nitrogen and oxygen atoms in total. The molecule has 0 atom stereocenters. The molecule has 0 radical (unpaired) electrons. The molecule has 0 unspecified atom stereocenters. The van der Waals surface area contributed by atoms with E-state index in [0.29, 0.717) is 11.8 Å². The number of benzene rings is 1. The number of hydrogen-bond acceptors (Lipinski definition) is 5. The van der Waals surface area contributed by atoms with Crippen LogP contribution in [0.4, 0.5) is 5.69 Å². The minimum atomic E-state index is -0.533. The van der Waals surface area contributed by atoms with E-state index in [0.717, 1.165) is 9.35 Å². The van der Waals surface area contributed by atoms with Gasteiger partial charge in [0.1, 0.15) is 12.9 Å². The second-order valence-electron chi connectivity index (χ2n) is 3.62. The van der Waals surface area contributed by atoms with Crippen LogP contribution in [0.5, 0.6) is 5.75 Å². The third-order valence-corrected chi connectivity index (χ3v) is 3.98. The van der Waals surface area contributed by atoms with Crippen LogP contribution in [0.15, 0.2) is 34.1 Å². The number of hydrogen-bond donors (Lipinski definition) is 0. The number of ether oxygens (including phenoxy) is 1. The molecule has 19 heavy (non-hydrogen) atoms. The van der Waals surface area contributed by atoms with E-state index in [4.69, 9.17) is 4.74 Å². The van der Waals surface area contributed by atoms with Crippen molar-refractivity contribution in [3.8, 4) is 5.75 Å². The Balaban J connectivity index is 2.22. The van der Waals surface area contributed by atoms with Crippen molar-refractivity contribution in [2.45, 2.75) is 6.61 Å². The predicted octanol–water partition coefficient (Wildman–Crippen LogP) is 3.81. The van der Waals surface area contributed by atoms with Crippen LogP contribution in [-0.2, 0) is 6.61 Å². The highest BCUT2D eigenvalue weighted by atomic mass is 79.9. The van der Waals surface area contributed by atoms with E-state index in [1.807, 2.05) is 11.4 Å². The number of nitro groups is 1. The van der Waals surface area contributed by atoms with Gasteiger partial charge in [-0.3, -0.25) is 14.9 Å². The number of nitro benzene ring substituents is 1. The molecule has 1 aromatic carbocycles. The van der Waals surface area contributed by atoms with Crippen LogP contribution in [0.3, 0.4) is 0 Å². The molecule has 1 heterocycles. The molecule has 0 N–H and O–H groups in total. The van der Waals surface area contributed by atoms with Crippen molar-refractivity contribution in [3.63, 3.8) is 0 Å². The lowest BCUT2D eigenvalue weighted by molar-refractivity contribution is -0.385. The Kier molecular flexibility index (Phi) is 4.28. The zero-order valence-electron chi connectivity index (χ0n) is 9.54. The second kappa shape index (κ2) is 5.94. The minimum Gasteiger partial charge on any atom is -0.481 e. The zero-order chi connectivity index (χ0) is 13.8. The summed E-state index contributed by atoms with van der Waals surface area (Å²) in [5, 5.41) is 12.8. The Labute approximate surface area is 121 Å². The number of thiophene rings is 1.